The van der Waals surface area contributed by atoms with Gasteiger partial charge in [0, 0.05) is 17.2 Å². The van der Waals surface area contributed by atoms with Crippen molar-refractivity contribution in [2.75, 3.05) is 5.32 Å². The number of hydrogen-bond donors (Lipinski definition) is 2. The largest absolute Gasteiger partial charge is 0.411 e. The van der Waals surface area contributed by atoms with Crippen molar-refractivity contribution < 1.29 is 10.0 Å². The van der Waals surface area contributed by atoms with E-state index in [9.17, 15) is 4.79 Å². The molecule has 0 aliphatic heterocycles. The summed E-state index contributed by atoms with van der Waals surface area (Å²) < 4.78 is 0. The van der Waals surface area contributed by atoms with Crippen LogP contribution in [0.2, 0.25) is 0 Å². The second kappa shape index (κ2) is 4.35. The van der Waals surface area contributed by atoms with Gasteiger partial charge in [-0.25, -0.2) is 0 Å². The lowest BCUT2D eigenvalue weighted by atomic mass is 10.1. The van der Waals surface area contributed by atoms with Gasteiger partial charge in [-0.3, -0.25) is 4.79 Å². The number of amides is 1. The molecule has 0 unspecified atom stereocenters. The summed E-state index contributed by atoms with van der Waals surface area (Å²) in [6.45, 7) is 1.70. The Kier molecular flexibility index (Phi) is 2.90. The fraction of sp³-hybridized carbons (Fsp3) is 0.333. The van der Waals surface area contributed by atoms with Crippen molar-refractivity contribution >= 4 is 17.3 Å². The van der Waals surface area contributed by atoms with Crippen LogP contribution in [0.4, 0.5) is 5.69 Å². The third kappa shape index (κ3) is 2.21. The molecule has 84 valence electrons. The third-order valence-electron chi connectivity index (χ3n) is 2.67. The molecule has 1 amide bonds. The molecule has 0 aromatic heterocycles. The number of carbonyl (C=O) groups excluding carboxylic acids is 1. The topological polar surface area (TPSA) is 61.7 Å². The predicted molar refractivity (Wildman–Crippen MR) is 61.8 cm³/mol. The highest BCUT2D eigenvalue weighted by molar-refractivity contribution is 6.06. The lowest BCUT2D eigenvalue weighted by Gasteiger charge is -2.09. The fourth-order valence-electron chi connectivity index (χ4n) is 1.54. The molecule has 4 heteroatoms. The number of carbonyl (C=O) groups is 1. The first-order chi connectivity index (χ1) is 7.72. The molecule has 0 heterocycles. The van der Waals surface area contributed by atoms with Crippen LogP contribution in [0.25, 0.3) is 0 Å². The highest BCUT2D eigenvalue weighted by Gasteiger charge is 2.29. The minimum absolute atomic E-state index is 0.0539. The Morgan fingerprint density at radius 3 is 2.75 bits per heavy atom. The monoisotopic (exact) mass is 218 g/mol. The van der Waals surface area contributed by atoms with E-state index in [-0.39, 0.29) is 11.8 Å². The van der Waals surface area contributed by atoms with Crippen molar-refractivity contribution in [2.45, 2.75) is 19.8 Å². The molecule has 1 aromatic rings. The third-order valence-corrected chi connectivity index (χ3v) is 2.67. The van der Waals surface area contributed by atoms with Crippen LogP contribution < -0.4 is 5.32 Å². The van der Waals surface area contributed by atoms with Crippen LogP contribution in [0.3, 0.4) is 0 Å². The zero-order chi connectivity index (χ0) is 11.5. The number of nitrogens with zero attached hydrogens (tertiary/aromatic N) is 1. The molecule has 1 aromatic carbocycles. The van der Waals surface area contributed by atoms with Crippen LogP contribution in [0.5, 0.6) is 0 Å². The molecule has 2 N–H and O–H groups in total. The van der Waals surface area contributed by atoms with Crippen molar-refractivity contribution in [2.24, 2.45) is 11.1 Å². The van der Waals surface area contributed by atoms with Gasteiger partial charge in [-0.1, -0.05) is 23.4 Å². The van der Waals surface area contributed by atoms with Gasteiger partial charge >= 0.3 is 0 Å². The van der Waals surface area contributed by atoms with Crippen LogP contribution in [0.1, 0.15) is 25.3 Å². The van der Waals surface area contributed by atoms with E-state index in [1.807, 2.05) is 24.3 Å². The fourth-order valence-corrected chi connectivity index (χ4v) is 1.54. The number of hydrogen-bond acceptors (Lipinski definition) is 3. The summed E-state index contributed by atoms with van der Waals surface area (Å²) in [6, 6.07) is 7.31. The molecule has 1 aliphatic carbocycles. The molecule has 0 radical (unpaired) electrons. The average molecular weight is 218 g/mol. The van der Waals surface area contributed by atoms with Gasteiger partial charge in [0.25, 0.3) is 0 Å². The summed E-state index contributed by atoms with van der Waals surface area (Å²) in [5, 5.41) is 14.8. The summed E-state index contributed by atoms with van der Waals surface area (Å²) in [5.74, 6) is 0.220. The normalized spacial score (nSPS) is 15.9. The Morgan fingerprint density at radius 2 is 2.12 bits per heavy atom. The van der Waals surface area contributed by atoms with Crippen molar-refractivity contribution in [3.8, 4) is 0 Å². The minimum Gasteiger partial charge on any atom is -0.411 e. The number of oxime groups is 1. The van der Waals surface area contributed by atoms with E-state index in [0.717, 1.165) is 18.4 Å². The molecule has 0 spiro atoms. The molecule has 4 nitrogen and oxygen atoms in total. The molecule has 1 aliphatic rings. The van der Waals surface area contributed by atoms with Gasteiger partial charge < -0.3 is 10.5 Å². The molecule has 1 fully saturated rings. The van der Waals surface area contributed by atoms with Crippen LogP contribution in [-0.4, -0.2) is 16.8 Å². The van der Waals surface area contributed by atoms with Crippen LogP contribution >= 0.6 is 0 Å². The molecule has 0 atom stereocenters. The number of nitrogens with one attached hydrogen (secondary N) is 1. The summed E-state index contributed by atoms with van der Waals surface area (Å²) in [5.41, 5.74) is 1.94. The van der Waals surface area contributed by atoms with Gasteiger partial charge in [-0.15, -0.1) is 0 Å². The summed E-state index contributed by atoms with van der Waals surface area (Å²) in [6.07, 6.45) is 1.95. The first kappa shape index (κ1) is 10.7. The quantitative estimate of drug-likeness (QED) is 0.464. The maximum atomic E-state index is 11.6. The van der Waals surface area contributed by atoms with Crippen LogP contribution in [0.15, 0.2) is 29.4 Å². The summed E-state index contributed by atoms with van der Waals surface area (Å²) in [7, 11) is 0. The van der Waals surface area contributed by atoms with Gasteiger partial charge in [-0.05, 0) is 25.8 Å². The lowest BCUT2D eigenvalue weighted by Crippen LogP contribution is -2.15. The molecule has 2 rings (SSSR count). The summed E-state index contributed by atoms with van der Waals surface area (Å²) in [4.78, 5) is 11.6. The Morgan fingerprint density at radius 1 is 1.44 bits per heavy atom. The van der Waals surface area contributed by atoms with Gasteiger partial charge in [0.2, 0.25) is 5.91 Å². The Bertz CT molecular complexity index is 436. The SMILES string of the molecule is C/C(=N\O)c1ccccc1NC(=O)C1CC1. The molecular formula is C12H14N2O2. The Hall–Kier alpha value is -1.84. The molecule has 0 bridgehead atoms. The van der Waals surface area contributed by atoms with Gasteiger partial charge in [0.05, 0.1) is 5.71 Å². The van der Waals surface area contributed by atoms with Crippen molar-refractivity contribution in [3.05, 3.63) is 29.8 Å². The van der Waals surface area contributed by atoms with Crippen molar-refractivity contribution in [3.63, 3.8) is 0 Å². The smallest absolute Gasteiger partial charge is 0.227 e. The zero-order valence-corrected chi connectivity index (χ0v) is 9.10. The van der Waals surface area contributed by atoms with Crippen LogP contribution in [-0.2, 0) is 4.79 Å². The predicted octanol–water partition coefficient (Wildman–Crippen LogP) is 2.23. The van der Waals surface area contributed by atoms with Gasteiger partial charge in [-0.2, -0.15) is 0 Å². The van der Waals surface area contributed by atoms with Gasteiger partial charge in [0.15, 0.2) is 0 Å². The second-order valence-corrected chi connectivity index (χ2v) is 3.99. The van der Waals surface area contributed by atoms with E-state index in [0.29, 0.717) is 11.4 Å². The highest BCUT2D eigenvalue weighted by atomic mass is 16.4. The van der Waals surface area contributed by atoms with E-state index < -0.39 is 0 Å². The first-order valence-electron chi connectivity index (χ1n) is 5.31. The standard InChI is InChI=1S/C12H14N2O2/c1-8(14-16)10-4-2-3-5-11(10)13-12(15)9-6-7-9/h2-5,9,16H,6-7H2,1H3,(H,13,15)/b14-8+. The average Bonchev–Trinajstić information content (AvgIpc) is 3.12. The number of benzene rings is 1. The van der Waals surface area contributed by atoms with E-state index in [1.54, 1.807) is 6.92 Å². The second-order valence-electron chi connectivity index (χ2n) is 3.99. The Balaban J connectivity index is 2.22. The first-order valence-corrected chi connectivity index (χ1v) is 5.31. The molecule has 1 saturated carbocycles. The van der Waals surface area contributed by atoms with Crippen LogP contribution in [0, 0.1) is 5.92 Å². The maximum Gasteiger partial charge on any atom is 0.227 e. The Labute approximate surface area is 94.0 Å². The minimum atomic E-state index is 0.0539. The van der Waals surface area contributed by atoms with E-state index >= 15 is 0 Å². The maximum absolute atomic E-state index is 11.6. The van der Waals surface area contributed by atoms with E-state index in [1.165, 1.54) is 0 Å². The molecular weight excluding hydrogens is 204 g/mol. The molecule has 16 heavy (non-hydrogen) atoms. The van der Waals surface area contributed by atoms with E-state index in [2.05, 4.69) is 10.5 Å². The van der Waals surface area contributed by atoms with Gasteiger partial charge in [0.1, 0.15) is 0 Å². The highest BCUT2D eigenvalue weighted by Crippen LogP contribution is 2.30. The number of para-hydroxylation sites is 1. The summed E-state index contributed by atoms with van der Waals surface area (Å²) >= 11 is 0. The number of anilines is 1. The zero-order valence-electron chi connectivity index (χ0n) is 9.10. The van der Waals surface area contributed by atoms with Crippen molar-refractivity contribution in [1.29, 1.82) is 0 Å². The van der Waals surface area contributed by atoms with Crippen molar-refractivity contribution in [1.82, 2.24) is 0 Å². The lowest BCUT2D eigenvalue weighted by molar-refractivity contribution is -0.117. The molecule has 0 saturated heterocycles. The number of rotatable bonds is 3. The van der Waals surface area contributed by atoms with E-state index in [4.69, 9.17) is 5.21 Å².